The van der Waals surface area contributed by atoms with Gasteiger partial charge in [-0.2, -0.15) is 0 Å². The van der Waals surface area contributed by atoms with Crippen molar-refractivity contribution in [2.75, 3.05) is 24.7 Å². The molecule has 1 aromatic carbocycles. The highest BCUT2D eigenvalue weighted by Gasteiger charge is 2.33. The number of nitrogens with zero attached hydrogens (tertiary/aromatic N) is 1. The molecule has 2 aliphatic rings. The summed E-state index contributed by atoms with van der Waals surface area (Å²) >= 11 is 3.49. The predicted octanol–water partition coefficient (Wildman–Crippen LogP) is 2.09. The molecule has 0 unspecified atom stereocenters. The zero-order chi connectivity index (χ0) is 11.1. The zero-order valence-electron chi connectivity index (χ0n) is 8.90. The number of rotatable bonds is 0. The van der Waals surface area contributed by atoms with E-state index in [1.807, 2.05) is 12.1 Å². The van der Waals surface area contributed by atoms with E-state index < -0.39 is 0 Å². The van der Waals surface area contributed by atoms with E-state index in [2.05, 4.69) is 26.9 Å². The van der Waals surface area contributed by atoms with Gasteiger partial charge in [0, 0.05) is 28.7 Å². The van der Waals surface area contributed by atoms with Crippen molar-refractivity contribution in [1.29, 1.82) is 0 Å². The Balaban J connectivity index is 2.05. The molecule has 2 aliphatic heterocycles. The first kappa shape index (κ1) is 10.6. The average molecular weight is 284 g/mol. The first-order chi connectivity index (χ1) is 7.75. The van der Waals surface area contributed by atoms with Gasteiger partial charge in [0.25, 0.3) is 0 Å². The number of hydrogen-bond acceptors (Lipinski definition) is 3. The SMILES string of the molecule is O[C@H]1C[C@@H]2COCCN2c2cc(Br)ccc21. The molecule has 4 heteroatoms. The first-order valence-electron chi connectivity index (χ1n) is 5.57. The molecular weight excluding hydrogens is 270 g/mol. The van der Waals surface area contributed by atoms with Gasteiger partial charge in [0.15, 0.2) is 0 Å². The molecule has 1 fully saturated rings. The molecule has 2 heterocycles. The van der Waals surface area contributed by atoms with Gasteiger partial charge in [0.1, 0.15) is 0 Å². The highest BCUT2D eigenvalue weighted by Crippen LogP contribution is 2.39. The molecule has 86 valence electrons. The van der Waals surface area contributed by atoms with E-state index >= 15 is 0 Å². The van der Waals surface area contributed by atoms with Crippen LogP contribution < -0.4 is 4.90 Å². The van der Waals surface area contributed by atoms with Gasteiger partial charge in [-0.1, -0.05) is 22.0 Å². The van der Waals surface area contributed by atoms with Gasteiger partial charge >= 0.3 is 0 Å². The summed E-state index contributed by atoms with van der Waals surface area (Å²) in [5, 5.41) is 10.1. The summed E-state index contributed by atoms with van der Waals surface area (Å²) in [7, 11) is 0. The van der Waals surface area contributed by atoms with Crippen molar-refractivity contribution in [2.24, 2.45) is 0 Å². The monoisotopic (exact) mass is 283 g/mol. The van der Waals surface area contributed by atoms with Crippen molar-refractivity contribution in [3.8, 4) is 0 Å². The number of fused-ring (bicyclic) bond motifs is 3. The molecule has 0 aromatic heterocycles. The maximum atomic E-state index is 10.1. The Morgan fingerprint density at radius 3 is 3.19 bits per heavy atom. The Morgan fingerprint density at radius 1 is 1.44 bits per heavy atom. The van der Waals surface area contributed by atoms with E-state index in [1.54, 1.807) is 0 Å². The van der Waals surface area contributed by atoms with Crippen LogP contribution in [0.5, 0.6) is 0 Å². The van der Waals surface area contributed by atoms with Gasteiger partial charge in [-0.15, -0.1) is 0 Å². The van der Waals surface area contributed by atoms with Crippen molar-refractivity contribution in [3.63, 3.8) is 0 Å². The van der Waals surface area contributed by atoms with E-state index in [0.29, 0.717) is 6.04 Å². The third kappa shape index (κ3) is 1.65. The first-order valence-corrected chi connectivity index (χ1v) is 6.37. The minimum atomic E-state index is -0.356. The minimum Gasteiger partial charge on any atom is -0.388 e. The fraction of sp³-hybridized carbons (Fsp3) is 0.500. The lowest BCUT2D eigenvalue weighted by Crippen LogP contribution is -2.49. The molecule has 0 bridgehead atoms. The second-order valence-corrected chi connectivity index (χ2v) is 5.29. The molecular formula is C12H14BrNO2. The molecule has 1 aromatic rings. The number of aliphatic hydroxyl groups is 1. The summed E-state index contributed by atoms with van der Waals surface area (Å²) in [6, 6.07) is 6.42. The molecule has 0 amide bonds. The number of hydrogen-bond donors (Lipinski definition) is 1. The molecule has 3 rings (SSSR count). The van der Waals surface area contributed by atoms with Crippen molar-refractivity contribution < 1.29 is 9.84 Å². The van der Waals surface area contributed by atoms with Crippen molar-refractivity contribution in [2.45, 2.75) is 18.6 Å². The van der Waals surface area contributed by atoms with Crippen LogP contribution in [-0.2, 0) is 4.74 Å². The third-order valence-electron chi connectivity index (χ3n) is 3.38. The number of halogens is 1. The maximum Gasteiger partial charge on any atom is 0.0830 e. The molecule has 2 atom stereocenters. The highest BCUT2D eigenvalue weighted by atomic mass is 79.9. The van der Waals surface area contributed by atoms with Gasteiger partial charge in [-0.05, 0) is 12.1 Å². The number of benzene rings is 1. The Kier molecular flexibility index (Phi) is 2.65. The van der Waals surface area contributed by atoms with Crippen LogP contribution in [0.4, 0.5) is 5.69 Å². The lowest BCUT2D eigenvalue weighted by molar-refractivity contribution is 0.0611. The number of morpholine rings is 1. The van der Waals surface area contributed by atoms with Crippen LogP contribution in [0.3, 0.4) is 0 Å². The minimum absolute atomic E-state index is 0.325. The molecule has 0 aliphatic carbocycles. The Hall–Kier alpha value is -0.580. The molecule has 0 spiro atoms. The summed E-state index contributed by atoms with van der Waals surface area (Å²) in [5.74, 6) is 0. The lowest BCUT2D eigenvalue weighted by atomic mass is 9.93. The van der Waals surface area contributed by atoms with Gasteiger partial charge in [-0.3, -0.25) is 0 Å². The molecule has 0 saturated carbocycles. The normalized spacial score (nSPS) is 28.5. The summed E-state index contributed by atoms with van der Waals surface area (Å²) in [4.78, 5) is 2.36. The van der Waals surface area contributed by atoms with Crippen LogP contribution >= 0.6 is 15.9 Å². The van der Waals surface area contributed by atoms with Crippen molar-refractivity contribution in [1.82, 2.24) is 0 Å². The molecule has 16 heavy (non-hydrogen) atoms. The van der Waals surface area contributed by atoms with Crippen LogP contribution in [0, 0.1) is 0 Å². The molecule has 0 radical (unpaired) electrons. The third-order valence-corrected chi connectivity index (χ3v) is 3.88. The summed E-state index contributed by atoms with van der Waals surface area (Å²) in [6.07, 6.45) is 0.417. The summed E-state index contributed by atoms with van der Waals surface area (Å²) in [6.45, 7) is 2.42. The van der Waals surface area contributed by atoms with Gasteiger partial charge in [0.05, 0.1) is 25.4 Å². The van der Waals surface area contributed by atoms with E-state index in [4.69, 9.17) is 4.74 Å². The van der Waals surface area contributed by atoms with Crippen LogP contribution in [-0.4, -0.2) is 30.9 Å². The van der Waals surface area contributed by atoms with E-state index in [1.165, 1.54) is 0 Å². The quantitative estimate of drug-likeness (QED) is 0.792. The summed E-state index contributed by atoms with van der Waals surface area (Å²) < 4.78 is 6.53. The highest BCUT2D eigenvalue weighted by molar-refractivity contribution is 9.10. The molecule has 1 N–H and O–H groups in total. The molecule has 1 saturated heterocycles. The Morgan fingerprint density at radius 2 is 2.31 bits per heavy atom. The molecule has 3 nitrogen and oxygen atoms in total. The Labute approximate surface area is 103 Å². The van der Waals surface area contributed by atoms with Gasteiger partial charge in [-0.25, -0.2) is 0 Å². The van der Waals surface area contributed by atoms with Gasteiger partial charge in [0.2, 0.25) is 0 Å². The zero-order valence-corrected chi connectivity index (χ0v) is 10.5. The second-order valence-electron chi connectivity index (χ2n) is 4.38. The second kappa shape index (κ2) is 4.02. The fourth-order valence-electron chi connectivity index (χ4n) is 2.60. The summed E-state index contributed by atoms with van der Waals surface area (Å²) in [5.41, 5.74) is 2.20. The topological polar surface area (TPSA) is 32.7 Å². The maximum absolute atomic E-state index is 10.1. The van der Waals surface area contributed by atoms with Crippen LogP contribution in [0.2, 0.25) is 0 Å². The van der Waals surface area contributed by atoms with Crippen LogP contribution in [0.15, 0.2) is 22.7 Å². The standard InChI is InChI=1S/C12H14BrNO2/c13-8-1-2-10-11(5-8)14-3-4-16-7-9(14)6-12(10)15/h1-2,5,9,12,15H,3-4,6-7H2/t9-,12+/m1/s1. The van der Waals surface area contributed by atoms with Crippen molar-refractivity contribution >= 4 is 21.6 Å². The van der Waals surface area contributed by atoms with Gasteiger partial charge < -0.3 is 14.7 Å². The van der Waals surface area contributed by atoms with E-state index in [-0.39, 0.29) is 6.10 Å². The predicted molar refractivity (Wildman–Crippen MR) is 65.7 cm³/mol. The number of ether oxygens (including phenoxy) is 1. The lowest BCUT2D eigenvalue weighted by Gasteiger charge is -2.43. The number of aliphatic hydroxyl groups excluding tert-OH is 1. The Bertz CT molecular complexity index is 410. The average Bonchev–Trinajstić information content (AvgIpc) is 2.29. The smallest absolute Gasteiger partial charge is 0.0830 e. The fourth-order valence-corrected chi connectivity index (χ4v) is 2.95. The largest absolute Gasteiger partial charge is 0.388 e. The van der Waals surface area contributed by atoms with E-state index in [9.17, 15) is 5.11 Å². The number of anilines is 1. The van der Waals surface area contributed by atoms with E-state index in [0.717, 1.165) is 41.9 Å². The van der Waals surface area contributed by atoms with Crippen molar-refractivity contribution in [3.05, 3.63) is 28.2 Å². The van der Waals surface area contributed by atoms with Crippen LogP contribution in [0.25, 0.3) is 0 Å². The van der Waals surface area contributed by atoms with Crippen LogP contribution in [0.1, 0.15) is 18.1 Å².